The van der Waals surface area contributed by atoms with E-state index in [4.69, 9.17) is 9.26 Å². The highest BCUT2D eigenvalue weighted by atomic mass is 79.9. The smallest absolute Gasteiger partial charge is 0.301 e. The summed E-state index contributed by atoms with van der Waals surface area (Å²) in [6, 6.07) is 14.5. The molecule has 1 N–H and O–H groups in total. The lowest BCUT2D eigenvalue weighted by atomic mass is 9.95. The zero-order valence-corrected chi connectivity index (χ0v) is 18.7. The van der Waals surface area contributed by atoms with E-state index in [0.29, 0.717) is 29.2 Å². The van der Waals surface area contributed by atoms with Crippen molar-refractivity contribution < 1.29 is 24.0 Å². The molecule has 8 heteroatoms. The number of anilines is 1. The maximum Gasteiger partial charge on any atom is 0.301 e. The lowest BCUT2D eigenvalue weighted by molar-refractivity contribution is -0.132. The van der Waals surface area contributed by atoms with Crippen LogP contribution in [0.15, 0.2) is 81.8 Å². The number of aryl methyl sites for hydroxylation is 1. The Hall–Kier alpha value is -3.65. The summed E-state index contributed by atoms with van der Waals surface area (Å²) in [5.74, 6) is -0.600. The molecule has 2 aromatic carbocycles. The average Bonchev–Trinajstić information content (AvgIpc) is 3.33. The summed E-state index contributed by atoms with van der Waals surface area (Å²) in [6.07, 6.45) is 1.62. The van der Waals surface area contributed by atoms with Crippen molar-refractivity contribution in [3.8, 4) is 5.75 Å². The maximum atomic E-state index is 13.1. The van der Waals surface area contributed by atoms with E-state index in [-0.39, 0.29) is 17.2 Å². The van der Waals surface area contributed by atoms with E-state index < -0.39 is 17.7 Å². The van der Waals surface area contributed by atoms with E-state index in [1.807, 2.05) is 0 Å². The molecule has 1 aliphatic rings. The van der Waals surface area contributed by atoms with Crippen LogP contribution in [0.4, 0.5) is 5.82 Å². The number of hydrogen-bond donors (Lipinski definition) is 1. The number of benzene rings is 2. The Balaban J connectivity index is 1.84. The molecule has 4 rings (SSSR count). The van der Waals surface area contributed by atoms with Gasteiger partial charge in [-0.1, -0.05) is 45.9 Å². The fraction of sp³-hybridized carbons (Fsp3) is 0.125. The Bertz CT molecular complexity index is 1210. The number of rotatable bonds is 6. The summed E-state index contributed by atoms with van der Waals surface area (Å²) in [7, 11) is 0. The maximum absolute atomic E-state index is 13.1. The third kappa shape index (κ3) is 3.97. The summed E-state index contributed by atoms with van der Waals surface area (Å²) in [5.41, 5.74) is 0.991. The lowest BCUT2D eigenvalue weighted by Gasteiger charge is -2.22. The fourth-order valence-corrected chi connectivity index (χ4v) is 3.78. The standard InChI is InChI=1S/C24H19BrN2O5/c1-3-12-31-18-10-6-16(7-11-18)22(28)20-21(15-4-8-17(25)9-5-15)27(24(30)23(20)29)19-13-14(2)32-26-19/h3-11,13,21,28H,1,12H2,2H3/b22-20+/t21-/m1/s1. The predicted octanol–water partition coefficient (Wildman–Crippen LogP) is 4.94. The van der Waals surface area contributed by atoms with Gasteiger partial charge in [0.1, 0.15) is 23.9 Å². The number of hydrogen-bond acceptors (Lipinski definition) is 6. The van der Waals surface area contributed by atoms with E-state index in [1.54, 1.807) is 67.6 Å². The highest BCUT2D eigenvalue weighted by Gasteiger charge is 2.48. The number of ether oxygens (including phenoxy) is 1. The van der Waals surface area contributed by atoms with Crippen LogP contribution in [0.25, 0.3) is 5.76 Å². The van der Waals surface area contributed by atoms with Crippen molar-refractivity contribution in [1.29, 1.82) is 0 Å². The van der Waals surface area contributed by atoms with Crippen molar-refractivity contribution in [3.05, 3.63) is 94.2 Å². The lowest BCUT2D eigenvalue weighted by Crippen LogP contribution is -2.29. The molecule has 1 atom stereocenters. The van der Waals surface area contributed by atoms with E-state index in [9.17, 15) is 14.7 Å². The van der Waals surface area contributed by atoms with Crippen molar-refractivity contribution in [2.24, 2.45) is 0 Å². The van der Waals surface area contributed by atoms with Gasteiger partial charge in [-0.2, -0.15) is 0 Å². The number of Topliss-reactive ketones (excluding diaryl/α,β-unsaturated/α-hetero) is 1. The molecule has 7 nitrogen and oxygen atoms in total. The van der Waals surface area contributed by atoms with Gasteiger partial charge >= 0.3 is 5.91 Å². The molecular formula is C24H19BrN2O5. The third-order valence-electron chi connectivity index (χ3n) is 4.99. The largest absolute Gasteiger partial charge is 0.507 e. The van der Waals surface area contributed by atoms with Gasteiger partial charge in [-0.3, -0.25) is 14.5 Å². The molecule has 1 aliphatic heterocycles. The van der Waals surface area contributed by atoms with Crippen LogP contribution in [0.3, 0.4) is 0 Å². The molecular weight excluding hydrogens is 476 g/mol. The second-order valence-corrected chi connectivity index (χ2v) is 8.06. The topological polar surface area (TPSA) is 92.9 Å². The van der Waals surface area contributed by atoms with Gasteiger partial charge < -0.3 is 14.4 Å². The van der Waals surface area contributed by atoms with E-state index in [1.165, 1.54) is 4.90 Å². The molecule has 2 heterocycles. The molecule has 3 aromatic rings. The van der Waals surface area contributed by atoms with E-state index in [2.05, 4.69) is 27.7 Å². The zero-order chi connectivity index (χ0) is 22.8. The molecule has 1 aromatic heterocycles. The Morgan fingerprint density at radius 1 is 1.22 bits per heavy atom. The molecule has 0 spiro atoms. The number of carbonyl (C=O) groups excluding carboxylic acids is 2. The first kappa shape index (κ1) is 21.6. The summed E-state index contributed by atoms with van der Waals surface area (Å²) in [4.78, 5) is 27.3. The van der Waals surface area contributed by atoms with Gasteiger partial charge in [0, 0.05) is 16.1 Å². The van der Waals surface area contributed by atoms with Gasteiger partial charge in [0.2, 0.25) is 0 Å². The van der Waals surface area contributed by atoms with Crippen LogP contribution in [0.1, 0.15) is 22.9 Å². The monoisotopic (exact) mass is 494 g/mol. The number of aromatic nitrogens is 1. The van der Waals surface area contributed by atoms with Gasteiger partial charge in [0.15, 0.2) is 5.82 Å². The first-order valence-corrected chi connectivity index (χ1v) is 10.5. The third-order valence-corrected chi connectivity index (χ3v) is 5.52. The molecule has 1 amide bonds. The van der Waals surface area contributed by atoms with Gasteiger partial charge in [0.05, 0.1) is 11.6 Å². The molecule has 32 heavy (non-hydrogen) atoms. The van der Waals surface area contributed by atoms with Crippen molar-refractivity contribution in [2.45, 2.75) is 13.0 Å². The number of ketones is 1. The summed E-state index contributed by atoms with van der Waals surface area (Å²) < 4.78 is 11.4. The van der Waals surface area contributed by atoms with Crippen molar-refractivity contribution in [3.63, 3.8) is 0 Å². The first-order chi connectivity index (χ1) is 15.4. The molecule has 0 aliphatic carbocycles. The Morgan fingerprint density at radius 3 is 2.50 bits per heavy atom. The molecule has 0 saturated carbocycles. The summed E-state index contributed by atoms with van der Waals surface area (Å²) in [5, 5.41) is 15.0. The fourth-order valence-electron chi connectivity index (χ4n) is 3.52. The quantitative estimate of drug-likeness (QED) is 0.226. The highest BCUT2D eigenvalue weighted by molar-refractivity contribution is 9.10. The van der Waals surface area contributed by atoms with Gasteiger partial charge in [0.25, 0.3) is 5.78 Å². The SMILES string of the molecule is C=CCOc1ccc(/C(O)=C2\C(=O)C(=O)N(c3cc(C)on3)[C@@H]2c2ccc(Br)cc2)cc1. The van der Waals surface area contributed by atoms with E-state index >= 15 is 0 Å². The predicted molar refractivity (Wildman–Crippen MR) is 122 cm³/mol. The zero-order valence-electron chi connectivity index (χ0n) is 17.1. The second kappa shape index (κ2) is 8.84. The summed E-state index contributed by atoms with van der Waals surface area (Å²) >= 11 is 3.39. The highest BCUT2D eigenvalue weighted by Crippen LogP contribution is 2.42. The van der Waals surface area contributed by atoms with Crippen molar-refractivity contribution in [1.82, 2.24) is 5.16 Å². The Morgan fingerprint density at radius 2 is 1.91 bits per heavy atom. The minimum absolute atomic E-state index is 0.0299. The summed E-state index contributed by atoms with van der Waals surface area (Å²) in [6.45, 7) is 5.64. The van der Waals surface area contributed by atoms with Crippen LogP contribution in [0, 0.1) is 6.92 Å². The molecule has 0 bridgehead atoms. The average molecular weight is 495 g/mol. The van der Waals surface area contributed by atoms with Gasteiger partial charge in [-0.15, -0.1) is 0 Å². The normalized spacial score (nSPS) is 17.6. The molecule has 0 radical (unpaired) electrons. The number of aliphatic hydroxyl groups excluding tert-OH is 1. The first-order valence-electron chi connectivity index (χ1n) is 9.74. The minimum Gasteiger partial charge on any atom is -0.507 e. The molecule has 0 unspecified atom stereocenters. The van der Waals surface area contributed by atoms with Gasteiger partial charge in [-0.05, 0) is 48.9 Å². The van der Waals surface area contributed by atoms with E-state index in [0.717, 1.165) is 4.47 Å². The van der Waals surface area contributed by atoms with Crippen LogP contribution < -0.4 is 9.64 Å². The molecule has 1 saturated heterocycles. The van der Waals surface area contributed by atoms with Crippen LogP contribution in [-0.2, 0) is 9.59 Å². The van der Waals surface area contributed by atoms with Crippen LogP contribution >= 0.6 is 15.9 Å². The Labute approximate surface area is 192 Å². The van der Waals surface area contributed by atoms with Crippen LogP contribution in [-0.4, -0.2) is 28.6 Å². The number of amides is 1. The number of carbonyl (C=O) groups is 2. The van der Waals surface area contributed by atoms with Gasteiger partial charge in [-0.25, -0.2) is 0 Å². The minimum atomic E-state index is -0.871. The number of halogens is 1. The van der Waals surface area contributed by atoms with Crippen molar-refractivity contribution >= 4 is 39.2 Å². The number of nitrogens with zero attached hydrogens (tertiary/aromatic N) is 2. The van der Waals surface area contributed by atoms with Crippen molar-refractivity contribution in [2.75, 3.05) is 11.5 Å². The molecule has 162 valence electrons. The van der Waals surface area contributed by atoms with Crippen LogP contribution in [0.2, 0.25) is 0 Å². The number of aliphatic hydroxyl groups is 1. The van der Waals surface area contributed by atoms with Crippen LogP contribution in [0.5, 0.6) is 5.75 Å². The second-order valence-electron chi connectivity index (χ2n) is 7.14. The molecule has 1 fully saturated rings. The Kier molecular flexibility index (Phi) is 5.96.